The fourth-order valence-corrected chi connectivity index (χ4v) is 4.69. The van der Waals surface area contributed by atoms with E-state index in [1.807, 2.05) is 12.1 Å². The van der Waals surface area contributed by atoms with Gasteiger partial charge in [0.25, 0.3) is 0 Å². The fraction of sp³-hybridized carbons (Fsp3) is 0.409. The summed E-state index contributed by atoms with van der Waals surface area (Å²) in [4.78, 5) is 13.2. The van der Waals surface area contributed by atoms with Crippen molar-refractivity contribution in [2.45, 2.75) is 38.0 Å². The Labute approximate surface area is 165 Å². The molecule has 2 atom stereocenters. The molecule has 0 aliphatic heterocycles. The molecule has 27 heavy (non-hydrogen) atoms. The fourth-order valence-electron chi connectivity index (χ4n) is 3.16. The van der Waals surface area contributed by atoms with Crippen LogP contribution in [0.15, 0.2) is 42.5 Å². The van der Waals surface area contributed by atoms with Crippen LogP contribution in [0, 0.1) is 5.82 Å². The van der Waals surface area contributed by atoms with Gasteiger partial charge in [0.1, 0.15) is 11.9 Å². The van der Waals surface area contributed by atoms with Crippen molar-refractivity contribution in [3.63, 3.8) is 0 Å². The molecular weight excluding hydrogens is 361 g/mol. The first-order chi connectivity index (χ1) is 12.9. The zero-order valence-electron chi connectivity index (χ0n) is 16.4. The van der Waals surface area contributed by atoms with E-state index >= 15 is 0 Å². The number of rotatable bonds is 9. The maximum Gasteiger partial charge on any atom is 0.321 e. The lowest BCUT2D eigenvalue weighted by Crippen LogP contribution is -2.38. The van der Waals surface area contributed by atoms with Crippen LogP contribution in [0.2, 0.25) is 0 Å². The number of carbonyl (C=O) groups is 1. The molecule has 0 spiro atoms. The van der Waals surface area contributed by atoms with Gasteiger partial charge in [0.05, 0.1) is 5.25 Å². The van der Waals surface area contributed by atoms with Crippen LogP contribution in [0.3, 0.4) is 0 Å². The van der Waals surface area contributed by atoms with E-state index in [1.54, 1.807) is 31.1 Å². The van der Waals surface area contributed by atoms with Crippen LogP contribution in [0.1, 0.15) is 41.4 Å². The van der Waals surface area contributed by atoms with Crippen LogP contribution in [-0.2, 0) is 17.6 Å². The van der Waals surface area contributed by atoms with E-state index in [9.17, 15) is 14.3 Å². The molecule has 0 aliphatic rings. The second-order valence-electron chi connectivity index (χ2n) is 6.79. The van der Waals surface area contributed by atoms with Crippen molar-refractivity contribution in [2.75, 3.05) is 19.8 Å². The second kappa shape index (κ2) is 9.90. The molecule has 0 saturated carbocycles. The maximum absolute atomic E-state index is 14.6. The van der Waals surface area contributed by atoms with E-state index in [0.29, 0.717) is 11.3 Å². The standard InChI is InChI=1S/C22H28FNO2S/c1-5-15-11-12-17(13-16(15)6-2)21(18-9-7-8-10-19(18)23)27-14-20(22(25)26)24(3)4/h7-13,20-21H,5-6,14H2,1-4H3,(H,25,26). The van der Waals surface area contributed by atoms with Gasteiger partial charge in [-0.05, 0) is 49.7 Å². The Bertz CT molecular complexity index is 779. The highest BCUT2D eigenvalue weighted by atomic mass is 32.2. The molecule has 2 unspecified atom stereocenters. The van der Waals surface area contributed by atoms with Crippen molar-refractivity contribution in [1.82, 2.24) is 4.90 Å². The summed E-state index contributed by atoms with van der Waals surface area (Å²) in [5, 5.41) is 9.23. The molecule has 0 aliphatic carbocycles. The highest BCUT2D eigenvalue weighted by molar-refractivity contribution is 7.99. The van der Waals surface area contributed by atoms with Gasteiger partial charge in [-0.3, -0.25) is 9.69 Å². The number of hydrogen-bond donors (Lipinski definition) is 1. The van der Waals surface area contributed by atoms with Crippen molar-refractivity contribution in [1.29, 1.82) is 0 Å². The largest absolute Gasteiger partial charge is 0.480 e. The average Bonchev–Trinajstić information content (AvgIpc) is 2.65. The van der Waals surface area contributed by atoms with Gasteiger partial charge in [-0.1, -0.05) is 50.2 Å². The van der Waals surface area contributed by atoms with Crippen molar-refractivity contribution < 1.29 is 14.3 Å². The molecule has 0 amide bonds. The van der Waals surface area contributed by atoms with E-state index in [0.717, 1.165) is 18.4 Å². The Morgan fingerprint density at radius 1 is 1.11 bits per heavy atom. The predicted molar refractivity (Wildman–Crippen MR) is 111 cm³/mol. The van der Waals surface area contributed by atoms with Gasteiger partial charge in [-0.2, -0.15) is 0 Å². The van der Waals surface area contributed by atoms with Crippen molar-refractivity contribution >= 4 is 17.7 Å². The van der Waals surface area contributed by atoms with Gasteiger partial charge in [0, 0.05) is 11.3 Å². The number of likely N-dealkylation sites (N-methyl/N-ethyl adjacent to an activating group) is 1. The molecule has 5 heteroatoms. The minimum Gasteiger partial charge on any atom is -0.480 e. The molecule has 2 rings (SSSR count). The highest BCUT2D eigenvalue weighted by Crippen LogP contribution is 2.38. The van der Waals surface area contributed by atoms with Gasteiger partial charge >= 0.3 is 5.97 Å². The number of carboxylic acid groups (broad SMARTS) is 1. The van der Waals surface area contributed by atoms with Crippen molar-refractivity contribution in [2.24, 2.45) is 0 Å². The van der Waals surface area contributed by atoms with E-state index in [1.165, 1.54) is 29.0 Å². The van der Waals surface area contributed by atoms with Crippen LogP contribution in [0.5, 0.6) is 0 Å². The van der Waals surface area contributed by atoms with E-state index < -0.39 is 12.0 Å². The third-order valence-electron chi connectivity index (χ3n) is 4.81. The third kappa shape index (κ3) is 5.33. The Hall–Kier alpha value is -1.85. The topological polar surface area (TPSA) is 40.5 Å². The highest BCUT2D eigenvalue weighted by Gasteiger charge is 2.25. The molecule has 2 aromatic rings. The summed E-state index contributed by atoms with van der Waals surface area (Å²) < 4.78 is 14.6. The Kier molecular flexibility index (Phi) is 7.87. The summed E-state index contributed by atoms with van der Waals surface area (Å²) in [5.41, 5.74) is 4.17. The minimum absolute atomic E-state index is 0.246. The summed E-state index contributed by atoms with van der Waals surface area (Å²) in [6, 6.07) is 12.4. The average molecular weight is 390 g/mol. The minimum atomic E-state index is -0.865. The van der Waals surface area contributed by atoms with Gasteiger partial charge < -0.3 is 5.11 Å². The number of aliphatic carboxylic acids is 1. The van der Waals surface area contributed by atoms with Crippen molar-refractivity contribution in [3.8, 4) is 0 Å². The quantitative estimate of drug-likeness (QED) is 0.670. The summed E-state index contributed by atoms with van der Waals surface area (Å²) in [7, 11) is 3.51. The molecule has 3 nitrogen and oxygen atoms in total. The first-order valence-electron chi connectivity index (χ1n) is 9.25. The Morgan fingerprint density at radius 3 is 2.33 bits per heavy atom. The molecule has 0 radical (unpaired) electrons. The van der Waals surface area contributed by atoms with E-state index in [4.69, 9.17) is 0 Å². The van der Waals surface area contributed by atoms with Crippen LogP contribution >= 0.6 is 11.8 Å². The number of aryl methyl sites for hydroxylation is 2. The smallest absolute Gasteiger partial charge is 0.321 e. The molecule has 0 heterocycles. The van der Waals surface area contributed by atoms with E-state index in [2.05, 4.69) is 26.0 Å². The predicted octanol–water partition coefficient (Wildman–Crippen LogP) is 4.79. The number of hydrogen-bond acceptors (Lipinski definition) is 3. The monoisotopic (exact) mass is 389 g/mol. The first kappa shape index (κ1) is 21.5. The Morgan fingerprint density at radius 2 is 1.78 bits per heavy atom. The number of halogens is 1. The maximum atomic E-state index is 14.6. The molecular formula is C22H28FNO2S. The number of thioether (sulfide) groups is 1. The Balaban J connectivity index is 2.42. The van der Waals surface area contributed by atoms with Gasteiger partial charge in [0.15, 0.2) is 0 Å². The number of benzene rings is 2. The van der Waals surface area contributed by atoms with Crippen LogP contribution < -0.4 is 0 Å². The van der Waals surface area contributed by atoms with Crippen molar-refractivity contribution in [3.05, 3.63) is 70.5 Å². The van der Waals surface area contributed by atoms with E-state index in [-0.39, 0.29) is 11.1 Å². The number of carboxylic acids is 1. The zero-order valence-corrected chi connectivity index (χ0v) is 17.2. The van der Waals surface area contributed by atoms with Gasteiger partial charge in [-0.15, -0.1) is 11.8 Å². The summed E-state index contributed by atoms with van der Waals surface area (Å²) in [6.07, 6.45) is 1.88. The second-order valence-corrected chi connectivity index (χ2v) is 7.93. The lowest BCUT2D eigenvalue weighted by atomic mass is 9.96. The summed E-state index contributed by atoms with van der Waals surface area (Å²) in [5.74, 6) is -0.752. The lowest BCUT2D eigenvalue weighted by Gasteiger charge is -2.24. The first-order valence-corrected chi connectivity index (χ1v) is 10.3. The zero-order chi connectivity index (χ0) is 20.0. The molecule has 1 N–H and O–H groups in total. The molecule has 2 aromatic carbocycles. The number of nitrogens with zero attached hydrogens (tertiary/aromatic N) is 1. The third-order valence-corrected chi connectivity index (χ3v) is 6.18. The van der Waals surface area contributed by atoms with Crippen LogP contribution in [0.25, 0.3) is 0 Å². The normalized spacial score (nSPS) is 13.6. The summed E-state index contributed by atoms with van der Waals surface area (Å²) in [6.45, 7) is 4.25. The van der Waals surface area contributed by atoms with Crippen LogP contribution in [0.4, 0.5) is 4.39 Å². The SMILES string of the molecule is CCc1ccc(C(SCC(C(=O)O)N(C)C)c2ccccc2F)cc1CC. The van der Waals surface area contributed by atoms with Gasteiger partial charge in [0.2, 0.25) is 0 Å². The summed E-state index contributed by atoms with van der Waals surface area (Å²) >= 11 is 1.48. The molecule has 0 saturated heterocycles. The molecule has 0 bridgehead atoms. The van der Waals surface area contributed by atoms with Gasteiger partial charge in [-0.25, -0.2) is 4.39 Å². The van der Waals surface area contributed by atoms with Crippen LogP contribution in [-0.4, -0.2) is 41.9 Å². The molecule has 0 aromatic heterocycles. The lowest BCUT2D eigenvalue weighted by molar-refractivity contribution is -0.141. The molecule has 0 fully saturated rings. The molecule has 146 valence electrons.